The lowest BCUT2D eigenvalue weighted by atomic mass is 10.4. The van der Waals surface area contributed by atoms with Crippen LogP contribution in [0.15, 0.2) is 5.38 Å². The number of carboxylic acid groups (broad SMARTS) is 1. The number of thiazole rings is 1. The van der Waals surface area contributed by atoms with Gasteiger partial charge in [-0.3, -0.25) is 4.90 Å². The first-order chi connectivity index (χ1) is 8.35. The molecule has 8 heteroatoms. The number of hydrogen-bond acceptors (Lipinski definition) is 4. The maximum Gasteiger partial charge on any atom is 0.401 e. The van der Waals surface area contributed by atoms with E-state index in [-0.39, 0.29) is 17.6 Å². The number of nitrogens with zero attached hydrogens (tertiary/aromatic N) is 2. The van der Waals surface area contributed by atoms with Crippen LogP contribution in [-0.2, 0) is 6.54 Å². The number of carboxylic acids is 1. The second kappa shape index (κ2) is 4.85. The molecule has 18 heavy (non-hydrogen) atoms. The maximum atomic E-state index is 12.4. The van der Waals surface area contributed by atoms with Crippen LogP contribution in [0.1, 0.15) is 28.3 Å². The van der Waals surface area contributed by atoms with Crippen LogP contribution < -0.4 is 0 Å². The SMILES string of the molecule is O=C(O)c1nc(CN(CC(F)(F)F)C2CC2)cs1. The van der Waals surface area contributed by atoms with E-state index in [0.717, 1.165) is 24.2 Å². The van der Waals surface area contributed by atoms with Crippen LogP contribution in [0.25, 0.3) is 0 Å². The molecular weight excluding hydrogens is 269 g/mol. The predicted molar refractivity (Wildman–Crippen MR) is 58.6 cm³/mol. The molecule has 100 valence electrons. The molecule has 1 fully saturated rings. The van der Waals surface area contributed by atoms with Crippen molar-refractivity contribution in [3.05, 3.63) is 16.1 Å². The normalized spacial score (nSPS) is 16.2. The van der Waals surface area contributed by atoms with Gasteiger partial charge >= 0.3 is 12.1 Å². The molecular formula is C10H11F3N2O2S. The lowest BCUT2D eigenvalue weighted by Crippen LogP contribution is -2.35. The van der Waals surface area contributed by atoms with Crippen molar-refractivity contribution in [3.63, 3.8) is 0 Å². The van der Waals surface area contributed by atoms with Crippen LogP contribution in [0.4, 0.5) is 13.2 Å². The van der Waals surface area contributed by atoms with Gasteiger partial charge in [0, 0.05) is 18.0 Å². The third-order valence-corrected chi connectivity index (χ3v) is 3.42. The fraction of sp³-hybridized carbons (Fsp3) is 0.600. The van der Waals surface area contributed by atoms with Crippen molar-refractivity contribution in [1.29, 1.82) is 0 Å². The molecule has 1 saturated carbocycles. The Balaban J connectivity index is 2.01. The van der Waals surface area contributed by atoms with Crippen LogP contribution in [-0.4, -0.2) is 39.7 Å². The van der Waals surface area contributed by atoms with Crippen LogP contribution in [0, 0.1) is 0 Å². The van der Waals surface area contributed by atoms with Crippen LogP contribution >= 0.6 is 11.3 Å². The predicted octanol–water partition coefficient (Wildman–Crippen LogP) is 2.37. The minimum Gasteiger partial charge on any atom is -0.476 e. The van der Waals surface area contributed by atoms with Gasteiger partial charge in [0.2, 0.25) is 5.01 Å². The molecule has 0 amide bonds. The molecule has 1 aliphatic rings. The van der Waals surface area contributed by atoms with Crippen molar-refractivity contribution < 1.29 is 23.1 Å². The molecule has 1 aromatic rings. The average Bonchev–Trinajstić information content (AvgIpc) is 2.96. The van der Waals surface area contributed by atoms with Crippen molar-refractivity contribution in [2.75, 3.05) is 6.54 Å². The summed E-state index contributed by atoms with van der Waals surface area (Å²) in [5.74, 6) is -1.15. The molecule has 0 bridgehead atoms. The van der Waals surface area contributed by atoms with Crippen molar-refractivity contribution >= 4 is 17.3 Å². The summed E-state index contributed by atoms with van der Waals surface area (Å²) in [6.45, 7) is -0.925. The molecule has 1 heterocycles. The standard InChI is InChI=1S/C10H11F3N2O2S/c11-10(12,13)5-15(7-1-2-7)3-6-4-18-8(14-6)9(16)17/h4,7H,1-3,5H2,(H,16,17). The van der Waals surface area contributed by atoms with E-state index in [1.165, 1.54) is 10.3 Å². The summed E-state index contributed by atoms with van der Waals surface area (Å²) in [5.41, 5.74) is 0.383. The molecule has 0 saturated heterocycles. The largest absolute Gasteiger partial charge is 0.476 e. The van der Waals surface area contributed by atoms with Crippen molar-refractivity contribution in [3.8, 4) is 0 Å². The summed E-state index contributed by atoms with van der Waals surface area (Å²) in [7, 11) is 0. The molecule has 0 atom stereocenters. The third kappa shape index (κ3) is 3.67. The summed E-state index contributed by atoms with van der Waals surface area (Å²) in [5, 5.41) is 10.1. The van der Waals surface area contributed by atoms with Gasteiger partial charge in [0.05, 0.1) is 12.2 Å². The summed E-state index contributed by atoms with van der Waals surface area (Å²) in [4.78, 5) is 15.7. The average molecular weight is 280 g/mol. The first-order valence-corrected chi connectivity index (χ1v) is 6.21. The highest BCUT2D eigenvalue weighted by Gasteiger charge is 2.38. The van der Waals surface area contributed by atoms with Crippen LogP contribution in [0.2, 0.25) is 0 Å². The zero-order valence-corrected chi connectivity index (χ0v) is 10.1. The number of aromatic nitrogens is 1. The van der Waals surface area contributed by atoms with Gasteiger partial charge in [0.15, 0.2) is 0 Å². The second-order valence-corrected chi connectivity index (χ2v) is 5.06. The molecule has 4 nitrogen and oxygen atoms in total. The zero-order valence-electron chi connectivity index (χ0n) is 9.28. The first-order valence-electron chi connectivity index (χ1n) is 5.33. The van der Waals surface area contributed by atoms with E-state index >= 15 is 0 Å². The van der Waals surface area contributed by atoms with E-state index < -0.39 is 18.7 Å². The topological polar surface area (TPSA) is 53.4 Å². The second-order valence-electron chi connectivity index (χ2n) is 4.20. The maximum absolute atomic E-state index is 12.4. The van der Waals surface area contributed by atoms with Gasteiger partial charge in [0.1, 0.15) is 0 Å². The van der Waals surface area contributed by atoms with Gasteiger partial charge in [-0.15, -0.1) is 11.3 Å². The van der Waals surface area contributed by atoms with Crippen molar-refractivity contribution in [1.82, 2.24) is 9.88 Å². The molecule has 0 aromatic carbocycles. The lowest BCUT2D eigenvalue weighted by molar-refractivity contribution is -0.148. The van der Waals surface area contributed by atoms with Gasteiger partial charge < -0.3 is 5.11 Å². The number of halogens is 3. The van der Waals surface area contributed by atoms with Gasteiger partial charge in [0.25, 0.3) is 0 Å². The van der Waals surface area contributed by atoms with E-state index in [2.05, 4.69) is 4.98 Å². The quantitative estimate of drug-likeness (QED) is 0.899. The first kappa shape index (κ1) is 13.3. The van der Waals surface area contributed by atoms with Gasteiger partial charge in [-0.25, -0.2) is 9.78 Å². The van der Waals surface area contributed by atoms with Crippen LogP contribution in [0.5, 0.6) is 0 Å². The summed E-state index contributed by atoms with van der Waals surface area (Å²) >= 11 is 0.931. The van der Waals surface area contributed by atoms with E-state index in [1.54, 1.807) is 0 Å². The Morgan fingerprint density at radius 1 is 1.56 bits per heavy atom. The smallest absolute Gasteiger partial charge is 0.401 e. The highest BCUT2D eigenvalue weighted by atomic mass is 32.1. The highest BCUT2D eigenvalue weighted by molar-refractivity contribution is 7.11. The monoisotopic (exact) mass is 280 g/mol. The van der Waals surface area contributed by atoms with Gasteiger partial charge in [-0.05, 0) is 12.8 Å². The fourth-order valence-electron chi connectivity index (χ4n) is 1.67. The molecule has 0 spiro atoms. The number of alkyl halides is 3. The fourth-order valence-corrected chi connectivity index (χ4v) is 2.32. The number of hydrogen-bond donors (Lipinski definition) is 1. The van der Waals surface area contributed by atoms with Gasteiger partial charge in [-0.2, -0.15) is 13.2 Å². The molecule has 1 aromatic heterocycles. The third-order valence-electron chi connectivity index (χ3n) is 2.55. The lowest BCUT2D eigenvalue weighted by Gasteiger charge is -2.22. The molecule has 2 rings (SSSR count). The van der Waals surface area contributed by atoms with Crippen molar-refractivity contribution in [2.24, 2.45) is 0 Å². The van der Waals surface area contributed by atoms with E-state index in [1.807, 2.05) is 0 Å². The number of rotatable bonds is 5. The summed E-state index contributed by atoms with van der Waals surface area (Å²) < 4.78 is 37.1. The van der Waals surface area contributed by atoms with Crippen molar-refractivity contribution in [2.45, 2.75) is 31.6 Å². The van der Waals surface area contributed by atoms with E-state index in [4.69, 9.17) is 5.11 Å². The Morgan fingerprint density at radius 3 is 2.67 bits per heavy atom. The number of carbonyl (C=O) groups is 1. The minimum absolute atomic E-state index is 0.0496. The Hall–Kier alpha value is -1.15. The molecule has 0 unspecified atom stereocenters. The highest BCUT2D eigenvalue weighted by Crippen LogP contribution is 2.31. The Labute approximate surface area is 105 Å². The minimum atomic E-state index is -4.24. The molecule has 1 aliphatic carbocycles. The van der Waals surface area contributed by atoms with E-state index in [0.29, 0.717) is 5.69 Å². The molecule has 0 aliphatic heterocycles. The Bertz CT molecular complexity index is 443. The number of aromatic carboxylic acids is 1. The van der Waals surface area contributed by atoms with Gasteiger partial charge in [-0.1, -0.05) is 0 Å². The Kier molecular flexibility index (Phi) is 3.58. The van der Waals surface area contributed by atoms with E-state index in [9.17, 15) is 18.0 Å². The molecule has 0 radical (unpaired) electrons. The summed E-state index contributed by atoms with van der Waals surface area (Å²) in [6, 6.07) is -0.0541. The zero-order chi connectivity index (χ0) is 13.3. The van der Waals surface area contributed by atoms with Crippen LogP contribution in [0.3, 0.4) is 0 Å². The summed E-state index contributed by atoms with van der Waals surface area (Å²) in [6.07, 6.45) is -2.73. The molecule has 1 N–H and O–H groups in total. The Morgan fingerprint density at radius 2 is 2.22 bits per heavy atom.